The number of thioether (sulfide) groups is 1. The molecule has 0 fully saturated rings. The van der Waals surface area contributed by atoms with Crippen molar-refractivity contribution in [3.63, 3.8) is 0 Å². The van der Waals surface area contributed by atoms with Crippen LogP contribution in [0.25, 0.3) is 10.2 Å². The molecule has 6 heteroatoms. The molecule has 0 radical (unpaired) electrons. The molecule has 2 aromatic heterocycles. The maximum atomic E-state index is 12.6. The van der Waals surface area contributed by atoms with Gasteiger partial charge >= 0.3 is 0 Å². The highest BCUT2D eigenvalue weighted by molar-refractivity contribution is 7.98. The van der Waals surface area contributed by atoms with E-state index < -0.39 is 0 Å². The zero-order valence-corrected chi connectivity index (χ0v) is 14.3. The Morgan fingerprint density at radius 1 is 1.43 bits per heavy atom. The standard InChI is InChI=1S/C17H16N2O2S2/c1-3-8-19-16(20)15-14(7-9-22-15)18-17(19)23-11-12-5-4-6-13(10-12)21-2/h3-7,9-10H,1,8,11H2,2H3. The van der Waals surface area contributed by atoms with Gasteiger partial charge in [-0.2, -0.15) is 0 Å². The van der Waals surface area contributed by atoms with Crippen molar-refractivity contribution in [3.8, 4) is 5.75 Å². The fraction of sp³-hybridized carbons (Fsp3) is 0.176. The summed E-state index contributed by atoms with van der Waals surface area (Å²) < 4.78 is 7.61. The molecular formula is C17H16N2O2S2. The maximum absolute atomic E-state index is 12.6. The van der Waals surface area contributed by atoms with Crippen LogP contribution in [0.15, 0.2) is 58.3 Å². The molecule has 3 rings (SSSR count). The molecular weight excluding hydrogens is 328 g/mol. The number of ether oxygens (including phenoxy) is 1. The Labute approximate surface area is 142 Å². The van der Waals surface area contributed by atoms with Gasteiger partial charge in [-0.3, -0.25) is 9.36 Å². The first-order valence-corrected chi connectivity index (χ1v) is 8.94. The van der Waals surface area contributed by atoms with Crippen molar-refractivity contribution in [3.05, 3.63) is 64.3 Å². The maximum Gasteiger partial charge on any atom is 0.272 e. The van der Waals surface area contributed by atoms with E-state index in [2.05, 4.69) is 11.6 Å². The van der Waals surface area contributed by atoms with Gasteiger partial charge in [0.25, 0.3) is 5.56 Å². The molecule has 0 spiro atoms. The molecule has 0 aliphatic heterocycles. The van der Waals surface area contributed by atoms with E-state index in [1.165, 1.54) is 11.3 Å². The first-order chi connectivity index (χ1) is 11.2. The average molecular weight is 344 g/mol. The fourth-order valence-corrected chi connectivity index (χ4v) is 3.96. The zero-order chi connectivity index (χ0) is 16.2. The summed E-state index contributed by atoms with van der Waals surface area (Å²) in [6, 6.07) is 9.79. The Morgan fingerprint density at radius 2 is 2.30 bits per heavy atom. The highest BCUT2D eigenvalue weighted by Crippen LogP contribution is 2.25. The van der Waals surface area contributed by atoms with Gasteiger partial charge < -0.3 is 4.74 Å². The summed E-state index contributed by atoms with van der Waals surface area (Å²) in [4.78, 5) is 17.2. The van der Waals surface area contributed by atoms with Crippen LogP contribution in [0.3, 0.4) is 0 Å². The molecule has 0 aliphatic rings. The van der Waals surface area contributed by atoms with E-state index in [1.807, 2.05) is 35.7 Å². The summed E-state index contributed by atoms with van der Waals surface area (Å²) >= 11 is 2.97. The van der Waals surface area contributed by atoms with E-state index in [0.717, 1.165) is 22.6 Å². The average Bonchev–Trinajstić information content (AvgIpc) is 3.05. The quantitative estimate of drug-likeness (QED) is 0.386. The van der Waals surface area contributed by atoms with Crippen molar-refractivity contribution in [2.45, 2.75) is 17.5 Å². The van der Waals surface area contributed by atoms with E-state index in [0.29, 0.717) is 16.4 Å². The Bertz CT molecular complexity index is 899. The lowest BCUT2D eigenvalue weighted by Crippen LogP contribution is -2.21. The van der Waals surface area contributed by atoms with Gasteiger partial charge in [-0.25, -0.2) is 4.98 Å². The predicted octanol–water partition coefficient (Wildman–Crippen LogP) is 3.94. The summed E-state index contributed by atoms with van der Waals surface area (Å²) in [6.45, 7) is 4.20. The van der Waals surface area contributed by atoms with Crippen LogP contribution in [0.2, 0.25) is 0 Å². The lowest BCUT2D eigenvalue weighted by atomic mass is 10.2. The summed E-state index contributed by atoms with van der Waals surface area (Å²) in [7, 11) is 1.65. The van der Waals surface area contributed by atoms with Gasteiger partial charge in [0.05, 0.1) is 12.6 Å². The van der Waals surface area contributed by atoms with Crippen LogP contribution in [0.5, 0.6) is 5.75 Å². The molecule has 0 aliphatic carbocycles. The van der Waals surface area contributed by atoms with Crippen LogP contribution < -0.4 is 10.3 Å². The van der Waals surface area contributed by atoms with Crippen molar-refractivity contribution in [2.24, 2.45) is 0 Å². The molecule has 0 bridgehead atoms. The van der Waals surface area contributed by atoms with E-state index in [4.69, 9.17) is 4.74 Å². The lowest BCUT2D eigenvalue weighted by molar-refractivity contribution is 0.414. The first kappa shape index (κ1) is 15.8. The summed E-state index contributed by atoms with van der Waals surface area (Å²) in [5.41, 5.74) is 1.88. The minimum absolute atomic E-state index is 0.00181. The second-order valence-electron chi connectivity index (χ2n) is 4.87. The highest BCUT2D eigenvalue weighted by atomic mass is 32.2. The SMILES string of the molecule is C=CCn1c(SCc2cccc(OC)c2)nc2ccsc2c1=O. The number of methoxy groups -OCH3 is 1. The molecule has 0 saturated carbocycles. The fourth-order valence-electron chi connectivity index (χ4n) is 2.23. The molecule has 0 N–H and O–H groups in total. The van der Waals surface area contributed by atoms with Crippen LogP contribution in [-0.2, 0) is 12.3 Å². The third-order valence-electron chi connectivity index (χ3n) is 3.34. The Kier molecular flexibility index (Phi) is 4.83. The van der Waals surface area contributed by atoms with Crippen LogP contribution >= 0.6 is 23.1 Å². The van der Waals surface area contributed by atoms with Crippen molar-refractivity contribution in [1.82, 2.24) is 9.55 Å². The topological polar surface area (TPSA) is 44.1 Å². The van der Waals surface area contributed by atoms with Gasteiger partial charge in [-0.1, -0.05) is 30.0 Å². The largest absolute Gasteiger partial charge is 0.497 e. The third-order valence-corrected chi connectivity index (χ3v) is 5.28. The Morgan fingerprint density at radius 3 is 3.09 bits per heavy atom. The van der Waals surface area contributed by atoms with Crippen LogP contribution in [-0.4, -0.2) is 16.7 Å². The van der Waals surface area contributed by atoms with E-state index in [-0.39, 0.29) is 5.56 Å². The number of allylic oxidation sites excluding steroid dienone is 1. The summed E-state index contributed by atoms with van der Waals surface area (Å²) in [6.07, 6.45) is 1.72. The number of hydrogen-bond donors (Lipinski definition) is 0. The number of benzene rings is 1. The zero-order valence-electron chi connectivity index (χ0n) is 12.7. The molecule has 118 valence electrons. The second kappa shape index (κ2) is 7.02. The monoisotopic (exact) mass is 344 g/mol. The minimum atomic E-state index is -0.00181. The van der Waals surface area contributed by atoms with Crippen LogP contribution in [0.4, 0.5) is 0 Å². The van der Waals surface area contributed by atoms with E-state index >= 15 is 0 Å². The van der Waals surface area contributed by atoms with Crippen LogP contribution in [0, 0.1) is 0 Å². The van der Waals surface area contributed by atoms with E-state index in [9.17, 15) is 4.79 Å². The van der Waals surface area contributed by atoms with Gasteiger partial charge in [-0.15, -0.1) is 17.9 Å². The first-order valence-electron chi connectivity index (χ1n) is 7.07. The number of hydrogen-bond acceptors (Lipinski definition) is 5. The summed E-state index contributed by atoms with van der Waals surface area (Å²) in [5, 5.41) is 2.61. The van der Waals surface area contributed by atoms with Gasteiger partial charge in [0.2, 0.25) is 0 Å². The predicted molar refractivity (Wildman–Crippen MR) is 96.6 cm³/mol. The van der Waals surface area contributed by atoms with Crippen molar-refractivity contribution in [2.75, 3.05) is 7.11 Å². The molecule has 0 amide bonds. The number of rotatable bonds is 6. The molecule has 4 nitrogen and oxygen atoms in total. The van der Waals surface area contributed by atoms with Crippen molar-refractivity contribution < 1.29 is 4.74 Å². The van der Waals surface area contributed by atoms with Gasteiger partial charge in [0.1, 0.15) is 10.4 Å². The minimum Gasteiger partial charge on any atom is -0.497 e. The number of thiophene rings is 1. The molecule has 2 heterocycles. The Hall–Kier alpha value is -2.05. The molecule has 3 aromatic rings. The lowest BCUT2D eigenvalue weighted by Gasteiger charge is -2.10. The highest BCUT2D eigenvalue weighted by Gasteiger charge is 2.12. The molecule has 0 unspecified atom stereocenters. The summed E-state index contributed by atoms with van der Waals surface area (Å²) in [5.74, 6) is 1.55. The van der Waals surface area contributed by atoms with E-state index in [1.54, 1.807) is 29.5 Å². The normalized spacial score (nSPS) is 10.8. The van der Waals surface area contributed by atoms with Crippen molar-refractivity contribution >= 4 is 33.3 Å². The molecule has 0 atom stereocenters. The number of aromatic nitrogens is 2. The van der Waals surface area contributed by atoms with Crippen LogP contribution in [0.1, 0.15) is 5.56 Å². The van der Waals surface area contributed by atoms with Crippen molar-refractivity contribution in [1.29, 1.82) is 0 Å². The third kappa shape index (κ3) is 3.33. The smallest absolute Gasteiger partial charge is 0.272 e. The second-order valence-corrected chi connectivity index (χ2v) is 6.73. The number of nitrogens with zero attached hydrogens (tertiary/aromatic N) is 2. The number of fused-ring (bicyclic) bond motifs is 1. The van der Waals surface area contributed by atoms with Gasteiger partial charge in [0, 0.05) is 12.3 Å². The van der Waals surface area contributed by atoms with Gasteiger partial charge in [0.15, 0.2) is 5.16 Å². The molecule has 23 heavy (non-hydrogen) atoms. The van der Waals surface area contributed by atoms with Gasteiger partial charge in [-0.05, 0) is 29.1 Å². The molecule has 0 saturated heterocycles. The Balaban J connectivity index is 1.93. The molecule has 1 aromatic carbocycles.